The van der Waals surface area contributed by atoms with Gasteiger partial charge in [0, 0.05) is 57.2 Å². The third-order valence-corrected chi connectivity index (χ3v) is 7.47. The number of piperazine rings is 1. The van der Waals surface area contributed by atoms with Crippen molar-refractivity contribution in [3.63, 3.8) is 0 Å². The minimum atomic E-state index is -6.15. The van der Waals surface area contributed by atoms with Crippen molar-refractivity contribution in [2.75, 3.05) is 39.3 Å². The molecule has 2 unspecified atom stereocenters. The number of carbonyl (C=O) groups is 2. The second-order valence-electron chi connectivity index (χ2n) is 9.44. The number of hydrogen-bond donors (Lipinski definition) is 0. The summed E-state index contributed by atoms with van der Waals surface area (Å²) < 4.78 is 93.5. The number of alkyl halides is 7. The Morgan fingerprint density at radius 2 is 1.54 bits per heavy atom. The van der Waals surface area contributed by atoms with Crippen LogP contribution in [-0.4, -0.2) is 84.2 Å². The molecule has 1 aromatic carbocycles. The van der Waals surface area contributed by atoms with Gasteiger partial charge in [0.15, 0.2) is 0 Å². The molecule has 5 nitrogen and oxygen atoms in total. The zero-order chi connectivity index (χ0) is 25.8. The molecule has 12 heteroatoms. The quantitative estimate of drug-likeness (QED) is 0.583. The molecule has 2 amide bonds. The van der Waals surface area contributed by atoms with E-state index in [0.29, 0.717) is 63.3 Å². The highest BCUT2D eigenvalue weighted by molar-refractivity contribution is 5.79. The highest BCUT2D eigenvalue weighted by Gasteiger charge is 2.73. The van der Waals surface area contributed by atoms with E-state index in [2.05, 4.69) is 0 Å². The van der Waals surface area contributed by atoms with Crippen LogP contribution in [0.15, 0.2) is 18.2 Å². The zero-order valence-electron chi connectivity index (χ0n) is 19.1. The Balaban J connectivity index is 1.48. The first kappa shape index (κ1) is 25.7. The maximum absolute atomic E-state index is 14.5. The largest absolute Gasteiger partial charge is 0.435 e. The first-order valence-electron chi connectivity index (χ1n) is 11.5. The first-order valence-corrected chi connectivity index (χ1v) is 11.5. The highest BCUT2D eigenvalue weighted by atomic mass is 19.4. The van der Waals surface area contributed by atoms with Gasteiger partial charge in [-0.15, -0.1) is 0 Å². The number of benzene rings is 1. The highest BCUT2D eigenvalue weighted by Crippen LogP contribution is 2.54. The topological polar surface area (TPSA) is 43.9 Å². The Bertz CT molecular complexity index is 972. The molecule has 2 aliphatic heterocycles. The average Bonchev–Trinajstić information content (AvgIpc) is 3.21. The number of hydrogen-bond acceptors (Lipinski definition) is 3. The summed E-state index contributed by atoms with van der Waals surface area (Å²) in [6, 6.07) is 2.20. The Morgan fingerprint density at radius 3 is 2.11 bits per heavy atom. The first-order chi connectivity index (χ1) is 16.2. The average molecular weight is 509 g/mol. The van der Waals surface area contributed by atoms with Crippen LogP contribution in [0.5, 0.6) is 0 Å². The predicted octanol–water partition coefficient (Wildman–Crippen LogP) is 3.77. The summed E-state index contributed by atoms with van der Waals surface area (Å²) in [6.45, 7) is 4.33. The van der Waals surface area contributed by atoms with Gasteiger partial charge in [-0.1, -0.05) is 18.2 Å². The van der Waals surface area contributed by atoms with E-state index in [1.807, 2.05) is 4.90 Å². The van der Waals surface area contributed by atoms with Gasteiger partial charge in [0.2, 0.25) is 11.8 Å². The van der Waals surface area contributed by atoms with Gasteiger partial charge < -0.3 is 9.80 Å². The molecule has 0 spiro atoms. The number of amides is 2. The maximum Gasteiger partial charge on any atom is 0.435 e. The van der Waals surface area contributed by atoms with Crippen molar-refractivity contribution in [1.82, 2.24) is 14.7 Å². The Hall–Kier alpha value is -2.37. The lowest BCUT2D eigenvalue weighted by Gasteiger charge is -2.37. The van der Waals surface area contributed by atoms with Gasteiger partial charge in [0.1, 0.15) is 0 Å². The third-order valence-electron chi connectivity index (χ3n) is 7.47. The number of likely N-dealkylation sites (tertiary alicyclic amines) is 1. The maximum atomic E-state index is 14.5. The number of fused-ring (bicyclic) bond motifs is 3. The van der Waals surface area contributed by atoms with Crippen LogP contribution in [0.2, 0.25) is 0 Å². The summed E-state index contributed by atoms with van der Waals surface area (Å²) >= 11 is 0. The van der Waals surface area contributed by atoms with Crippen molar-refractivity contribution in [1.29, 1.82) is 0 Å². The minimum Gasteiger partial charge on any atom is -0.340 e. The molecule has 2 fully saturated rings. The van der Waals surface area contributed by atoms with E-state index in [1.165, 1.54) is 6.92 Å². The van der Waals surface area contributed by atoms with Crippen LogP contribution in [0.25, 0.3) is 0 Å². The molecule has 0 saturated carbocycles. The second-order valence-corrected chi connectivity index (χ2v) is 9.44. The van der Waals surface area contributed by atoms with Gasteiger partial charge in [0.25, 0.3) is 0 Å². The van der Waals surface area contributed by atoms with Crippen molar-refractivity contribution in [3.05, 3.63) is 34.9 Å². The van der Waals surface area contributed by atoms with E-state index >= 15 is 0 Å². The molecule has 1 aliphatic carbocycles. The summed E-state index contributed by atoms with van der Waals surface area (Å²) in [5.41, 5.74) is -6.09. The lowest BCUT2D eigenvalue weighted by atomic mass is 9.77. The molecule has 194 valence electrons. The molecule has 35 heavy (non-hydrogen) atoms. The Labute approximate surface area is 197 Å². The summed E-state index contributed by atoms with van der Waals surface area (Å²) in [6.07, 6.45) is -11.2. The smallest absolute Gasteiger partial charge is 0.340 e. The summed E-state index contributed by atoms with van der Waals surface area (Å²) in [7, 11) is 0. The van der Waals surface area contributed by atoms with E-state index in [1.54, 1.807) is 9.80 Å². The van der Waals surface area contributed by atoms with Gasteiger partial charge in [0.05, 0.1) is 6.54 Å². The van der Waals surface area contributed by atoms with Crippen LogP contribution in [-0.2, 0) is 21.7 Å². The van der Waals surface area contributed by atoms with Crippen LogP contribution in [0.3, 0.4) is 0 Å². The van der Waals surface area contributed by atoms with Crippen LogP contribution < -0.4 is 0 Å². The molecule has 0 radical (unpaired) electrons. The molecule has 4 rings (SSSR count). The number of carbonyl (C=O) groups excluding carboxylic acids is 2. The second kappa shape index (κ2) is 8.94. The van der Waals surface area contributed by atoms with Gasteiger partial charge >= 0.3 is 18.0 Å². The summed E-state index contributed by atoms with van der Waals surface area (Å²) in [5, 5.41) is 0. The number of halogens is 7. The van der Waals surface area contributed by atoms with E-state index in [4.69, 9.17) is 0 Å². The molecular formula is C23H26F7N3O2. The number of rotatable bonds is 3. The molecule has 2 heterocycles. The van der Waals surface area contributed by atoms with Crippen LogP contribution in [0.4, 0.5) is 30.7 Å². The fourth-order valence-electron chi connectivity index (χ4n) is 5.58. The molecular weight excluding hydrogens is 483 g/mol. The van der Waals surface area contributed by atoms with Gasteiger partial charge in [-0.05, 0) is 30.4 Å². The predicted molar refractivity (Wildman–Crippen MR) is 111 cm³/mol. The van der Waals surface area contributed by atoms with Crippen molar-refractivity contribution in [3.8, 4) is 0 Å². The summed E-state index contributed by atoms with van der Waals surface area (Å²) in [4.78, 5) is 29.9. The van der Waals surface area contributed by atoms with E-state index in [9.17, 15) is 40.3 Å². The fourth-order valence-corrected chi connectivity index (χ4v) is 5.58. The molecule has 2 saturated heterocycles. The SMILES string of the molecule is CC(=O)N1CCN(CC(=O)N2CCC3c4ccc(C(F)(C(F)(F)F)C(F)(F)F)cc4CCC32)CC1. The van der Waals surface area contributed by atoms with Crippen LogP contribution in [0, 0.1) is 0 Å². The monoisotopic (exact) mass is 509 g/mol. The van der Waals surface area contributed by atoms with Crippen LogP contribution >= 0.6 is 0 Å². The number of aryl methyl sites for hydroxylation is 1. The van der Waals surface area contributed by atoms with Gasteiger partial charge in [-0.25, -0.2) is 4.39 Å². The summed E-state index contributed by atoms with van der Waals surface area (Å²) in [5.74, 6) is -0.333. The molecule has 2 atom stereocenters. The van der Waals surface area contributed by atoms with E-state index < -0.39 is 23.6 Å². The molecule has 0 aromatic heterocycles. The van der Waals surface area contributed by atoms with Crippen molar-refractivity contribution < 1.29 is 40.3 Å². The van der Waals surface area contributed by atoms with E-state index in [-0.39, 0.29) is 42.3 Å². The minimum absolute atomic E-state index is 0.0159. The zero-order valence-corrected chi connectivity index (χ0v) is 19.1. The molecule has 0 N–H and O–H groups in total. The Kier molecular flexibility index (Phi) is 6.56. The molecule has 1 aromatic rings. The normalized spacial score (nSPS) is 23.8. The Morgan fingerprint density at radius 1 is 0.914 bits per heavy atom. The van der Waals surface area contributed by atoms with Gasteiger partial charge in [-0.2, -0.15) is 26.3 Å². The molecule has 0 bridgehead atoms. The van der Waals surface area contributed by atoms with Crippen molar-refractivity contribution in [2.24, 2.45) is 0 Å². The number of nitrogens with zero attached hydrogens (tertiary/aromatic N) is 3. The van der Waals surface area contributed by atoms with Gasteiger partial charge in [-0.3, -0.25) is 14.5 Å². The van der Waals surface area contributed by atoms with Crippen molar-refractivity contribution >= 4 is 11.8 Å². The molecule has 3 aliphatic rings. The fraction of sp³-hybridized carbons (Fsp3) is 0.652. The third kappa shape index (κ3) is 4.49. The van der Waals surface area contributed by atoms with Crippen molar-refractivity contribution in [2.45, 2.75) is 56.2 Å². The lowest BCUT2D eigenvalue weighted by Crippen LogP contribution is -2.52. The van der Waals surface area contributed by atoms with Crippen LogP contribution in [0.1, 0.15) is 42.4 Å². The van der Waals surface area contributed by atoms with E-state index in [0.717, 1.165) is 6.07 Å². The standard InChI is InChI=1S/C23H26F7N3O2/c1-14(34)32-10-8-31(9-11-32)13-20(35)33-7-6-18-17-4-3-16(12-15(17)2-5-19(18)33)21(24,22(25,26)27)23(28,29)30/h3-4,12,18-19H,2,5-11,13H2,1H3. The lowest BCUT2D eigenvalue weighted by molar-refractivity contribution is -0.348.